The molecule has 60 valence electrons. The van der Waals surface area contributed by atoms with Gasteiger partial charge in [0, 0.05) is 18.5 Å². The third-order valence-corrected chi connectivity index (χ3v) is 1.13. The zero-order valence-corrected chi connectivity index (χ0v) is 6.85. The van der Waals surface area contributed by atoms with Crippen LogP contribution in [0, 0.1) is 0 Å². The maximum Gasteiger partial charge on any atom is 0.218 e. The molecule has 3 nitrogen and oxygen atoms in total. The number of carbonyl (C=O) groups is 1. The summed E-state index contributed by atoms with van der Waals surface area (Å²) in [5, 5.41) is 3.17. The van der Waals surface area contributed by atoms with E-state index >= 15 is 0 Å². The largest absolute Gasteiger partial charge is 0.370 e. The topological polar surface area (TPSA) is 55.1 Å². The summed E-state index contributed by atoms with van der Waals surface area (Å²) in [5.74, 6) is -0.249. The molecule has 1 atom stereocenters. The molecule has 0 fully saturated rings. The van der Waals surface area contributed by atoms with Crippen molar-refractivity contribution in [3.63, 3.8) is 0 Å². The SMILES string of the molecule is CC(C)NC(C)CC(N)=O. The standard InChI is InChI=1S/C7H16N2O/c1-5(2)9-6(3)4-7(8)10/h5-6,9H,4H2,1-3H3,(H2,8,10). The lowest BCUT2D eigenvalue weighted by molar-refractivity contribution is -0.118. The van der Waals surface area contributed by atoms with Gasteiger partial charge in [0.05, 0.1) is 0 Å². The molecule has 0 aromatic heterocycles. The molecule has 0 spiro atoms. The van der Waals surface area contributed by atoms with Gasteiger partial charge in [-0.25, -0.2) is 0 Å². The van der Waals surface area contributed by atoms with E-state index in [4.69, 9.17) is 5.73 Å². The third kappa shape index (κ3) is 5.56. The highest BCUT2D eigenvalue weighted by molar-refractivity contribution is 5.74. The molecule has 0 aliphatic heterocycles. The Morgan fingerprint density at radius 2 is 2.00 bits per heavy atom. The van der Waals surface area contributed by atoms with E-state index in [2.05, 4.69) is 5.32 Å². The molecule has 1 unspecified atom stereocenters. The highest BCUT2D eigenvalue weighted by Crippen LogP contribution is 1.90. The van der Waals surface area contributed by atoms with Gasteiger partial charge in [-0.3, -0.25) is 4.79 Å². The van der Waals surface area contributed by atoms with Crippen molar-refractivity contribution in [1.29, 1.82) is 0 Å². The van der Waals surface area contributed by atoms with Crippen LogP contribution in [0.4, 0.5) is 0 Å². The quantitative estimate of drug-likeness (QED) is 0.594. The summed E-state index contributed by atoms with van der Waals surface area (Å²) in [5.41, 5.74) is 4.99. The summed E-state index contributed by atoms with van der Waals surface area (Å²) < 4.78 is 0. The zero-order valence-electron chi connectivity index (χ0n) is 6.85. The zero-order chi connectivity index (χ0) is 8.15. The van der Waals surface area contributed by atoms with E-state index in [1.54, 1.807) is 0 Å². The van der Waals surface area contributed by atoms with Crippen molar-refractivity contribution in [1.82, 2.24) is 5.32 Å². The van der Waals surface area contributed by atoms with E-state index in [1.807, 2.05) is 20.8 Å². The predicted molar refractivity (Wildman–Crippen MR) is 41.5 cm³/mol. The van der Waals surface area contributed by atoms with Gasteiger partial charge in [-0.15, -0.1) is 0 Å². The summed E-state index contributed by atoms with van der Waals surface area (Å²) >= 11 is 0. The fourth-order valence-corrected chi connectivity index (χ4v) is 0.930. The average molecular weight is 144 g/mol. The molecule has 0 aliphatic rings. The minimum absolute atomic E-state index is 0.192. The van der Waals surface area contributed by atoms with Gasteiger partial charge in [0.25, 0.3) is 0 Å². The second kappa shape index (κ2) is 4.28. The average Bonchev–Trinajstić information content (AvgIpc) is 1.58. The first-order valence-corrected chi connectivity index (χ1v) is 3.56. The number of nitrogens with two attached hydrogens (primary N) is 1. The van der Waals surface area contributed by atoms with Gasteiger partial charge >= 0.3 is 0 Å². The molecule has 0 aromatic carbocycles. The van der Waals surface area contributed by atoms with Crippen LogP contribution < -0.4 is 11.1 Å². The van der Waals surface area contributed by atoms with Crippen molar-refractivity contribution >= 4 is 5.91 Å². The van der Waals surface area contributed by atoms with Gasteiger partial charge in [0.1, 0.15) is 0 Å². The molecule has 0 radical (unpaired) electrons. The minimum Gasteiger partial charge on any atom is -0.370 e. The molecular weight excluding hydrogens is 128 g/mol. The summed E-state index contributed by atoms with van der Waals surface area (Å²) in [7, 11) is 0. The number of hydrogen-bond acceptors (Lipinski definition) is 2. The summed E-state index contributed by atoms with van der Waals surface area (Å²) in [4.78, 5) is 10.4. The maximum absolute atomic E-state index is 10.4. The van der Waals surface area contributed by atoms with Crippen LogP contribution in [0.25, 0.3) is 0 Å². The van der Waals surface area contributed by atoms with Gasteiger partial charge in [0.2, 0.25) is 5.91 Å². The molecule has 10 heavy (non-hydrogen) atoms. The third-order valence-electron chi connectivity index (χ3n) is 1.13. The van der Waals surface area contributed by atoms with Crippen LogP contribution in [0.5, 0.6) is 0 Å². The number of nitrogens with one attached hydrogen (secondary N) is 1. The fraction of sp³-hybridized carbons (Fsp3) is 0.857. The van der Waals surface area contributed by atoms with E-state index in [0.717, 1.165) is 0 Å². The molecule has 0 rings (SSSR count). The molecule has 3 N–H and O–H groups in total. The van der Waals surface area contributed by atoms with Crippen molar-refractivity contribution in [2.75, 3.05) is 0 Å². The van der Waals surface area contributed by atoms with Crippen molar-refractivity contribution < 1.29 is 4.79 Å². The van der Waals surface area contributed by atoms with Crippen LogP contribution in [-0.2, 0) is 4.79 Å². The van der Waals surface area contributed by atoms with E-state index in [9.17, 15) is 4.79 Å². The molecule has 3 heteroatoms. The number of rotatable bonds is 4. The lowest BCUT2D eigenvalue weighted by atomic mass is 10.2. The van der Waals surface area contributed by atoms with E-state index in [-0.39, 0.29) is 11.9 Å². The number of amides is 1. The van der Waals surface area contributed by atoms with Gasteiger partial charge in [0.15, 0.2) is 0 Å². The molecular formula is C7H16N2O. The van der Waals surface area contributed by atoms with Gasteiger partial charge in [-0.05, 0) is 6.92 Å². The van der Waals surface area contributed by atoms with Crippen LogP contribution in [0.15, 0.2) is 0 Å². The Hall–Kier alpha value is -0.570. The Balaban J connectivity index is 3.43. The van der Waals surface area contributed by atoms with E-state index < -0.39 is 0 Å². The summed E-state index contributed by atoms with van der Waals surface area (Å²) in [6.45, 7) is 6.03. The second-order valence-corrected chi connectivity index (χ2v) is 2.89. The van der Waals surface area contributed by atoms with Gasteiger partial charge in [-0.1, -0.05) is 13.8 Å². The Bertz CT molecular complexity index is 112. The van der Waals surface area contributed by atoms with Crippen LogP contribution in [-0.4, -0.2) is 18.0 Å². The van der Waals surface area contributed by atoms with E-state index in [0.29, 0.717) is 12.5 Å². The normalized spacial score (nSPS) is 13.6. The first kappa shape index (κ1) is 9.43. The molecule has 1 amide bonds. The van der Waals surface area contributed by atoms with Crippen LogP contribution >= 0.6 is 0 Å². The minimum atomic E-state index is -0.249. The van der Waals surface area contributed by atoms with Crippen molar-refractivity contribution in [3.8, 4) is 0 Å². The van der Waals surface area contributed by atoms with Gasteiger partial charge < -0.3 is 11.1 Å². The Morgan fingerprint density at radius 1 is 1.50 bits per heavy atom. The second-order valence-electron chi connectivity index (χ2n) is 2.89. The number of hydrogen-bond donors (Lipinski definition) is 2. The molecule has 0 saturated carbocycles. The van der Waals surface area contributed by atoms with Crippen LogP contribution in [0.1, 0.15) is 27.2 Å². The summed E-state index contributed by atoms with van der Waals surface area (Å²) in [6, 6.07) is 0.604. The molecule has 0 bridgehead atoms. The molecule has 0 aliphatic carbocycles. The predicted octanol–water partition coefficient (Wildman–Crippen LogP) is 0.248. The Morgan fingerprint density at radius 3 is 2.30 bits per heavy atom. The Labute approximate surface area is 62.0 Å². The van der Waals surface area contributed by atoms with Crippen molar-refractivity contribution in [2.45, 2.75) is 39.3 Å². The first-order valence-electron chi connectivity index (χ1n) is 3.56. The first-order chi connectivity index (χ1) is 4.52. The molecule has 0 heterocycles. The van der Waals surface area contributed by atoms with Crippen LogP contribution in [0.2, 0.25) is 0 Å². The lowest BCUT2D eigenvalue weighted by Crippen LogP contribution is -2.35. The Kier molecular flexibility index (Phi) is 4.03. The molecule has 0 aromatic rings. The highest BCUT2D eigenvalue weighted by Gasteiger charge is 2.05. The highest BCUT2D eigenvalue weighted by atomic mass is 16.1. The van der Waals surface area contributed by atoms with Crippen LogP contribution in [0.3, 0.4) is 0 Å². The van der Waals surface area contributed by atoms with E-state index in [1.165, 1.54) is 0 Å². The monoisotopic (exact) mass is 144 g/mol. The summed E-state index contributed by atoms with van der Waals surface area (Å²) in [6.07, 6.45) is 0.415. The molecule has 0 saturated heterocycles. The lowest BCUT2D eigenvalue weighted by Gasteiger charge is -2.14. The fourth-order valence-electron chi connectivity index (χ4n) is 0.930. The van der Waals surface area contributed by atoms with Crippen molar-refractivity contribution in [3.05, 3.63) is 0 Å². The van der Waals surface area contributed by atoms with Crippen molar-refractivity contribution in [2.24, 2.45) is 5.73 Å². The smallest absolute Gasteiger partial charge is 0.218 e. The van der Waals surface area contributed by atoms with Gasteiger partial charge in [-0.2, -0.15) is 0 Å². The number of carbonyl (C=O) groups excluding carboxylic acids is 1. The maximum atomic E-state index is 10.4. The number of primary amides is 1.